The van der Waals surface area contributed by atoms with E-state index in [1.165, 1.54) is 6.07 Å². The first-order valence-corrected chi connectivity index (χ1v) is 7.10. The molecule has 4 nitrogen and oxygen atoms in total. The molecule has 0 bridgehead atoms. The van der Waals surface area contributed by atoms with Crippen LogP contribution in [0.1, 0.15) is 31.9 Å². The van der Waals surface area contributed by atoms with Crippen LogP contribution in [0.2, 0.25) is 0 Å². The lowest BCUT2D eigenvalue weighted by atomic mass is 9.89. The van der Waals surface area contributed by atoms with Crippen molar-refractivity contribution < 1.29 is 10.2 Å². The highest BCUT2D eigenvalue weighted by molar-refractivity contribution is 5.46. The fraction of sp³-hybridized carbons (Fsp3) is 0.600. The van der Waals surface area contributed by atoms with Gasteiger partial charge < -0.3 is 15.5 Å². The fourth-order valence-corrected chi connectivity index (χ4v) is 2.83. The molecule has 1 saturated heterocycles. The number of hydrogen-bond acceptors (Lipinski definition) is 4. The van der Waals surface area contributed by atoms with Crippen LogP contribution in [0.25, 0.3) is 0 Å². The number of benzene rings is 1. The van der Waals surface area contributed by atoms with Crippen molar-refractivity contribution in [3.63, 3.8) is 0 Å². The van der Waals surface area contributed by atoms with Gasteiger partial charge in [-0.3, -0.25) is 4.90 Å². The topological polar surface area (TPSA) is 55.7 Å². The number of aromatic hydroxyl groups is 2. The number of hydrogen-bond donors (Lipinski definition) is 3. The summed E-state index contributed by atoms with van der Waals surface area (Å²) in [4.78, 5) is 2.40. The Morgan fingerprint density at radius 1 is 1.26 bits per heavy atom. The number of nitrogens with one attached hydrogen (secondary N) is 1. The molecule has 4 heteroatoms. The van der Waals surface area contributed by atoms with Crippen LogP contribution in [0.4, 0.5) is 0 Å². The van der Waals surface area contributed by atoms with Gasteiger partial charge in [0.2, 0.25) is 0 Å². The molecule has 1 aliphatic heterocycles. The SMILES string of the molecule is CCC(C)[C@@H](c1cccc(O)c1O)N1CCNCC1. The van der Waals surface area contributed by atoms with Gasteiger partial charge in [0.25, 0.3) is 0 Å². The molecule has 1 aromatic rings. The lowest BCUT2D eigenvalue weighted by Gasteiger charge is -2.38. The molecule has 0 aromatic heterocycles. The van der Waals surface area contributed by atoms with Crippen molar-refractivity contribution >= 4 is 0 Å². The van der Waals surface area contributed by atoms with Gasteiger partial charge in [-0.05, 0) is 12.0 Å². The second kappa shape index (κ2) is 6.26. The van der Waals surface area contributed by atoms with Gasteiger partial charge in [0.1, 0.15) is 0 Å². The molecular weight excluding hydrogens is 240 g/mol. The highest BCUT2D eigenvalue weighted by atomic mass is 16.3. The van der Waals surface area contributed by atoms with Gasteiger partial charge in [-0.15, -0.1) is 0 Å². The Balaban J connectivity index is 2.33. The Morgan fingerprint density at radius 3 is 2.58 bits per heavy atom. The number of nitrogens with zero attached hydrogens (tertiary/aromatic N) is 1. The van der Waals surface area contributed by atoms with Crippen molar-refractivity contribution in [2.24, 2.45) is 5.92 Å². The number of para-hydroxylation sites is 1. The Kier molecular flexibility index (Phi) is 4.66. The zero-order chi connectivity index (χ0) is 13.8. The third-order valence-corrected chi connectivity index (χ3v) is 4.09. The van der Waals surface area contributed by atoms with Crippen LogP contribution in [-0.4, -0.2) is 41.3 Å². The van der Waals surface area contributed by atoms with Crippen molar-refractivity contribution in [1.82, 2.24) is 10.2 Å². The molecule has 1 unspecified atom stereocenters. The zero-order valence-electron chi connectivity index (χ0n) is 11.8. The van der Waals surface area contributed by atoms with E-state index in [0.717, 1.165) is 38.2 Å². The number of rotatable bonds is 4. The Bertz CT molecular complexity index is 417. The summed E-state index contributed by atoms with van der Waals surface area (Å²) in [5.74, 6) is 0.443. The first-order valence-electron chi connectivity index (χ1n) is 7.10. The van der Waals surface area contributed by atoms with Crippen LogP contribution in [0.3, 0.4) is 0 Å². The molecule has 1 aromatic carbocycles. The van der Waals surface area contributed by atoms with Gasteiger partial charge in [0.05, 0.1) is 0 Å². The average Bonchev–Trinajstić information content (AvgIpc) is 2.44. The molecule has 1 aliphatic rings. The Hall–Kier alpha value is -1.26. The minimum atomic E-state index is -0.0269. The van der Waals surface area contributed by atoms with Gasteiger partial charge in [0.15, 0.2) is 11.5 Å². The van der Waals surface area contributed by atoms with Gasteiger partial charge in [-0.1, -0.05) is 32.4 Å². The number of phenols is 2. The summed E-state index contributed by atoms with van der Waals surface area (Å²) in [6, 6.07) is 5.43. The van der Waals surface area contributed by atoms with Crippen LogP contribution in [0, 0.1) is 5.92 Å². The maximum absolute atomic E-state index is 10.2. The predicted molar refractivity (Wildman–Crippen MR) is 76.4 cm³/mol. The third-order valence-electron chi connectivity index (χ3n) is 4.09. The second-order valence-electron chi connectivity index (χ2n) is 5.33. The molecule has 0 spiro atoms. The summed E-state index contributed by atoms with van der Waals surface area (Å²) in [5, 5.41) is 23.2. The minimum absolute atomic E-state index is 0.0269. The van der Waals surface area contributed by atoms with Crippen LogP contribution in [-0.2, 0) is 0 Å². The monoisotopic (exact) mass is 264 g/mol. The number of piperazine rings is 1. The summed E-state index contributed by atoms with van der Waals surface area (Å²) in [5.41, 5.74) is 0.844. The highest BCUT2D eigenvalue weighted by Gasteiger charge is 2.29. The lowest BCUT2D eigenvalue weighted by Crippen LogP contribution is -2.46. The van der Waals surface area contributed by atoms with Gasteiger partial charge in [0, 0.05) is 37.8 Å². The third kappa shape index (κ3) is 3.01. The Labute approximate surface area is 115 Å². The van der Waals surface area contributed by atoms with Crippen molar-refractivity contribution in [3.8, 4) is 11.5 Å². The van der Waals surface area contributed by atoms with Crippen molar-refractivity contribution in [1.29, 1.82) is 0 Å². The molecule has 106 valence electrons. The van der Waals surface area contributed by atoms with Crippen molar-refractivity contribution in [2.75, 3.05) is 26.2 Å². The maximum Gasteiger partial charge on any atom is 0.162 e. The van der Waals surface area contributed by atoms with E-state index in [1.807, 2.05) is 12.1 Å². The maximum atomic E-state index is 10.2. The zero-order valence-corrected chi connectivity index (χ0v) is 11.8. The van der Waals surface area contributed by atoms with Crippen LogP contribution < -0.4 is 5.32 Å². The molecule has 0 amide bonds. The molecule has 0 aliphatic carbocycles. The smallest absolute Gasteiger partial charge is 0.162 e. The summed E-state index contributed by atoms with van der Waals surface area (Å²) in [6.45, 7) is 8.28. The summed E-state index contributed by atoms with van der Waals surface area (Å²) in [6.07, 6.45) is 1.05. The van der Waals surface area contributed by atoms with E-state index in [9.17, 15) is 10.2 Å². The van der Waals surface area contributed by atoms with Crippen LogP contribution >= 0.6 is 0 Å². The average molecular weight is 264 g/mol. The minimum Gasteiger partial charge on any atom is -0.504 e. The van der Waals surface area contributed by atoms with E-state index in [-0.39, 0.29) is 17.5 Å². The van der Waals surface area contributed by atoms with E-state index in [1.54, 1.807) is 0 Å². The largest absolute Gasteiger partial charge is 0.504 e. The summed E-state index contributed by atoms with van der Waals surface area (Å²) in [7, 11) is 0. The van der Waals surface area contributed by atoms with Crippen molar-refractivity contribution in [2.45, 2.75) is 26.3 Å². The molecule has 3 N–H and O–H groups in total. The molecule has 19 heavy (non-hydrogen) atoms. The molecule has 2 atom stereocenters. The normalized spacial score (nSPS) is 20.1. The first kappa shape index (κ1) is 14.2. The van der Waals surface area contributed by atoms with Gasteiger partial charge in [-0.25, -0.2) is 0 Å². The Morgan fingerprint density at radius 2 is 1.95 bits per heavy atom. The highest BCUT2D eigenvalue weighted by Crippen LogP contribution is 2.39. The quantitative estimate of drug-likeness (QED) is 0.729. The predicted octanol–water partition coefficient (Wildman–Crippen LogP) is 2.09. The van der Waals surface area contributed by atoms with E-state index in [4.69, 9.17) is 0 Å². The molecule has 1 fully saturated rings. The van der Waals surface area contributed by atoms with Gasteiger partial charge in [-0.2, -0.15) is 0 Å². The molecule has 2 rings (SSSR count). The standard InChI is InChI=1S/C15H24N2O2/c1-3-11(2)14(17-9-7-16-8-10-17)12-5-4-6-13(18)15(12)19/h4-6,11,14,16,18-19H,3,7-10H2,1-2H3/t11?,14-/m0/s1. The number of phenolic OH excluding ortho intramolecular Hbond substituents is 2. The van der Waals surface area contributed by atoms with E-state index in [0.29, 0.717) is 5.92 Å². The van der Waals surface area contributed by atoms with E-state index in [2.05, 4.69) is 24.1 Å². The summed E-state index contributed by atoms with van der Waals surface area (Å²) < 4.78 is 0. The molecule has 0 saturated carbocycles. The second-order valence-corrected chi connectivity index (χ2v) is 5.33. The molecule has 0 radical (unpaired) electrons. The van der Waals surface area contributed by atoms with E-state index >= 15 is 0 Å². The van der Waals surface area contributed by atoms with Gasteiger partial charge >= 0.3 is 0 Å². The van der Waals surface area contributed by atoms with Crippen LogP contribution in [0.15, 0.2) is 18.2 Å². The van der Waals surface area contributed by atoms with Crippen LogP contribution in [0.5, 0.6) is 11.5 Å². The molecule has 1 heterocycles. The molecular formula is C15H24N2O2. The summed E-state index contributed by atoms with van der Waals surface area (Å²) >= 11 is 0. The fourth-order valence-electron chi connectivity index (χ4n) is 2.83. The van der Waals surface area contributed by atoms with E-state index < -0.39 is 0 Å². The first-order chi connectivity index (χ1) is 9.15. The lowest BCUT2D eigenvalue weighted by molar-refractivity contribution is 0.126. The van der Waals surface area contributed by atoms with Crippen molar-refractivity contribution in [3.05, 3.63) is 23.8 Å².